The highest BCUT2D eigenvalue weighted by Crippen LogP contribution is 2.38. The number of amides is 2. The Balaban J connectivity index is 1.38. The van der Waals surface area contributed by atoms with Crippen LogP contribution in [0.2, 0.25) is 0 Å². The summed E-state index contributed by atoms with van der Waals surface area (Å²) in [6.07, 6.45) is 2.92. The Morgan fingerprint density at radius 3 is 2.57 bits per heavy atom. The van der Waals surface area contributed by atoms with Gasteiger partial charge in [-0.1, -0.05) is 48.9 Å². The van der Waals surface area contributed by atoms with Crippen LogP contribution >= 0.6 is 0 Å². The Morgan fingerprint density at radius 1 is 1.11 bits per heavy atom. The zero-order chi connectivity index (χ0) is 24.4. The SMILES string of the molecule is O=C(N[C@@H](c1ccccc1)c1ccc(C2CCC2)c(F)c1)[C@@H]1C[C@@H](F)CN1C(=O)Cn1cnnn1. The maximum absolute atomic E-state index is 15.0. The molecular formula is C25H26F2N6O2. The van der Waals surface area contributed by atoms with Crippen molar-refractivity contribution in [3.05, 3.63) is 77.4 Å². The number of carbonyl (C=O) groups is 2. The van der Waals surface area contributed by atoms with Crippen LogP contribution < -0.4 is 5.32 Å². The molecule has 0 radical (unpaired) electrons. The van der Waals surface area contributed by atoms with Gasteiger partial charge in [-0.05, 0) is 51.9 Å². The van der Waals surface area contributed by atoms with E-state index in [1.54, 1.807) is 6.07 Å². The summed E-state index contributed by atoms with van der Waals surface area (Å²) in [6, 6.07) is 12.7. The third-order valence-electron chi connectivity index (χ3n) is 6.88. The summed E-state index contributed by atoms with van der Waals surface area (Å²) in [5.74, 6) is -0.990. The van der Waals surface area contributed by atoms with Crippen molar-refractivity contribution in [3.63, 3.8) is 0 Å². The number of alkyl halides is 1. The standard InChI is InChI=1S/C25H26F2N6O2/c26-19-12-22(33(13-19)23(34)14-32-15-28-30-31-32)25(35)29-24(17-5-2-1-3-6-17)18-9-10-20(21(27)11-18)16-7-4-8-16/h1-3,5-6,9-11,15-16,19,22,24H,4,7-8,12-14H2,(H,29,35)/t19-,22+,24+/m1/s1. The minimum absolute atomic E-state index is 0.107. The molecule has 0 spiro atoms. The molecule has 0 bridgehead atoms. The minimum atomic E-state index is -1.32. The molecule has 2 aliphatic rings. The molecule has 1 saturated heterocycles. The number of carbonyl (C=O) groups excluding carboxylic acids is 2. The van der Waals surface area contributed by atoms with Crippen LogP contribution in [0.5, 0.6) is 0 Å². The monoisotopic (exact) mass is 480 g/mol. The summed E-state index contributed by atoms with van der Waals surface area (Å²) in [4.78, 5) is 27.4. The van der Waals surface area contributed by atoms with E-state index in [0.29, 0.717) is 11.1 Å². The van der Waals surface area contributed by atoms with Crippen LogP contribution in [0.25, 0.3) is 0 Å². The maximum Gasteiger partial charge on any atom is 0.245 e. The molecular weight excluding hydrogens is 454 g/mol. The van der Waals surface area contributed by atoms with E-state index in [4.69, 9.17) is 0 Å². The first-order chi connectivity index (χ1) is 17.0. The molecule has 1 aromatic heterocycles. The van der Waals surface area contributed by atoms with Crippen LogP contribution in [0, 0.1) is 5.82 Å². The third-order valence-corrected chi connectivity index (χ3v) is 6.88. The molecule has 5 rings (SSSR count). The first-order valence-electron chi connectivity index (χ1n) is 11.8. The molecule has 35 heavy (non-hydrogen) atoms. The zero-order valence-electron chi connectivity index (χ0n) is 19.1. The van der Waals surface area contributed by atoms with E-state index >= 15 is 4.39 Å². The van der Waals surface area contributed by atoms with Crippen molar-refractivity contribution in [2.45, 2.75) is 56.4 Å². The fourth-order valence-electron chi connectivity index (χ4n) is 4.81. The van der Waals surface area contributed by atoms with Gasteiger partial charge in [-0.15, -0.1) is 5.10 Å². The van der Waals surface area contributed by atoms with Crippen molar-refractivity contribution in [3.8, 4) is 0 Å². The number of tetrazole rings is 1. The van der Waals surface area contributed by atoms with Crippen molar-refractivity contribution < 1.29 is 18.4 Å². The Bertz CT molecular complexity index is 1190. The smallest absolute Gasteiger partial charge is 0.245 e. The largest absolute Gasteiger partial charge is 0.343 e. The molecule has 2 aromatic carbocycles. The summed E-state index contributed by atoms with van der Waals surface area (Å²) in [5, 5.41) is 13.6. The van der Waals surface area contributed by atoms with E-state index in [1.807, 2.05) is 36.4 Å². The van der Waals surface area contributed by atoms with Crippen LogP contribution in [0.4, 0.5) is 8.78 Å². The second-order valence-corrected chi connectivity index (χ2v) is 9.16. The predicted octanol–water partition coefficient (Wildman–Crippen LogP) is 2.92. The van der Waals surface area contributed by atoms with E-state index in [9.17, 15) is 14.0 Å². The van der Waals surface area contributed by atoms with E-state index in [1.165, 1.54) is 22.0 Å². The number of hydrogen-bond donors (Lipinski definition) is 1. The summed E-state index contributed by atoms with van der Waals surface area (Å²) in [6.45, 7) is -0.376. The topological polar surface area (TPSA) is 93.0 Å². The maximum atomic E-state index is 15.0. The normalized spacial score (nSPS) is 20.9. The van der Waals surface area contributed by atoms with Crippen molar-refractivity contribution in [2.75, 3.05) is 6.54 Å². The van der Waals surface area contributed by atoms with Crippen LogP contribution in [-0.4, -0.2) is 55.7 Å². The van der Waals surface area contributed by atoms with Gasteiger partial charge in [0.15, 0.2) is 0 Å². The van der Waals surface area contributed by atoms with Crippen molar-refractivity contribution in [2.24, 2.45) is 0 Å². The van der Waals surface area contributed by atoms with Gasteiger partial charge >= 0.3 is 0 Å². The summed E-state index contributed by atoms with van der Waals surface area (Å²) < 4.78 is 30.6. The molecule has 0 unspecified atom stereocenters. The van der Waals surface area contributed by atoms with Gasteiger partial charge in [0, 0.05) is 6.42 Å². The zero-order valence-corrected chi connectivity index (χ0v) is 19.1. The Hall–Kier alpha value is -3.69. The Morgan fingerprint density at radius 2 is 1.91 bits per heavy atom. The van der Waals surface area contributed by atoms with E-state index in [0.717, 1.165) is 24.8 Å². The summed E-state index contributed by atoms with van der Waals surface area (Å²) >= 11 is 0. The number of nitrogens with zero attached hydrogens (tertiary/aromatic N) is 5. The fourth-order valence-corrected chi connectivity index (χ4v) is 4.81. The minimum Gasteiger partial charge on any atom is -0.343 e. The number of benzene rings is 2. The lowest BCUT2D eigenvalue weighted by molar-refractivity contribution is -0.139. The van der Waals surface area contributed by atoms with Gasteiger partial charge < -0.3 is 10.2 Å². The first-order valence-corrected chi connectivity index (χ1v) is 11.8. The predicted molar refractivity (Wildman–Crippen MR) is 122 cm³/mol. The number of nitrogens with one attached hydrogen (secondary N) is 1. The lowest BCUT2D eigenvalue weighted by Gasteiger charge is -2.28. The molecule has 182 valence electrons. The average molecular weight is 481 g/mol. The van der Waals surface area contributed by atoms with Crippen LogP contribution in [0.15, 0.2) is 54.9 Å². The molecule has 1 saturated carbocycles. The van der Waals surface area contributed by atoms with Crippen LogP contribution in [0.1, 0.15) is 54.3 Å². The highest BCUT2D eigenvalue weighted by atomic mass is 19.1. The number of hydrogen-bond acceptors (Lipinski definition) is 5. The van der Waals surface area contributed by atoms with Gasteiger partial charge in [-0.3, -0.25) is 9.59 Å². The van der Waals surface area contributed by atoms with Crippen LogP contribution in [-0.2, 0) is 16.1 Å². The van der Waals surface area contributed by atoms with Crippen molar-refractivity contribution in [1.29, 1.82) is 0 Å². The summed E-state index contributed by atoms with van der Waals surface area (Å²) in [5.41, 5.74) is 2.05. The van der Waals surface area contributed by atoms with Gasteiger partial charge in [0.1, 0.15) is 30.9 Å². The molecule has 1 aliphatic carbocycles. The molecule has 2 amide bonds. The van der Waals surface area contributed by atoms with Gasteiger partial charge in [0.05, 0.1) is 12.6 Å². The number of rotatable bonds is 7. The number of halogens is 2. The summed E-state index contributed by atoms with van der Waals surface area (Å²) in [7, 11) is 0. The van der Waals surface area contributed by atoms with E-state index in [2.05, 4.69) is 20.8 Å². The molecule has 3 atom stereocenters. The molecule has 1 N–H and O–H groups in total. The number of aromatic nitrogens is 4. The highest BCUT2D eigenvalue weighted by molar-refractivity contribution is 5.88. The Labute approximate surface area is 201 Å². The second-order valence-electron chi connectivity index (χ2n) is 9.16. The van der Waals surface area contributed by atoms with Crippen LogP contribution in [0.3, 0.4) is 0 Å². The quantitative estimate of drug-likeness (QED) is 0.561. The third kappa shape index (κ3) is 4.91. The highest BCUT2D eigenvalue weighted by Gasteiger charge is 2.40. The molecule has 2 heterocycles. The molecule has 10 heteroatoms. The van der Waals surface area contributed by atoms with E-state index < -0.39 is 30.1 Å². The van der Waals surface area contributed by atoms with Crippen molar-refractivity contribution >= 4 is 11.8 Å². The lowest BCUT2D eigenvalue weighted by atomic mass is 9.79. The van der Waals surface area contributed by atoms with Gasteiger partial charge in [0.25, 0.3) is 0 Å². The molecule has 8 nitrogen and oxygen atoms in total. The number of likely N-dealkylation sites (tertiary alicyclic amines) is 1. The van der Waals surface area contributed by atoms with Gasteiger partial charge in [-0.25, -0.2) is 13.5 Å². The average Bonchev–Trinajstić information content (AvgIpc) is 3.47. The molecule has 2 fully saturated rings. The van der Waals surface area contributed by atoms with E-state index in [-0.39, 0.29) is 31.2 Å². The first kappa shape index (κ1) is 23.1. The van der Waals surface area contributed by atoms with Crippen molar-refractivity contribution in [1.82, 2.24) is 30.4 Å². The second kappa shape index (κ2) is 9.89. The molecule has 1 aliphatic heterocycles. The molecule has 3 aromatic rings. The van der Waals surface area contributed by atoms with Gasteiger partial charge in [-0.2, -0.15) is 0 Å². The fraction of sp³-hybridized carbons (Fsp3) is 0.400. The lowest BCUT2D eigenvalue weighted by Crippen LogP contribution is -2.48. The Kier molecular flexibility index (Phi) is 6.52. The van der Waals surface area contributed by atoms with Gasteiger partial charge in [0.2, 0.25) is 11.8 Å².